The highest BCUT2D eigenvalue weighted by atomic mass is 127. The van der Waals surface area contributed by atoms with E-state index in [1.54, 1.807) is 14.2 Å². The minimum atomic E-state index is 0.00829. The number of alkyl halides is 1. The molecule has 2 nitrogen and oxygen atoms in total. The van der Waals surface area contributed by atoms with Gasteiger partial charge in [-0.25, -0.2) is 0 Å². The molecule has 106 valence electrons. The van der Waals surface area contributed by atoms with E-state index in [1.165, 1.54) is 0 Å². The van der Waals surface area contributed by atoms with Crippen LogP contribution in [0.4, 0.5) is 0 Å². The fraction of sp³-hybridized carbons (Fsp3) is 0.200. The van der Waals surface area contributed by atoms with E-state index >= 15 is 0 Å². The number of benzene rings is 2. The Bertz CT molecular complexity index is 619. The first-order chi connectivity index (χ1) is 9.56. The highest BCUT2D eigenvalue weighted by molar-refractivity contribution is 14.1. The molecule has 0 N–H and O–H groups in total. The molecule has 0 aromatic heterocycles. The van der Waals surface area contributed by atoms with Gasteiger partial charge < -0.3 is 9.47 Å². The van der Waals surface area contributed by atoms with Crippen molar-refractivity contribution in [3.8, 4) is 11.5 Å². The van der Waals surface area contributed by atoms with Crippen LogP contribution in [0, 0.1) is 3.57 Å². The van der Waals surface area contributed by atoms with Gasteiger partial charge in [0.1, 0.15) is 11.5 Å². The van der Waals surface area contributed by atoms with Crippen molar-refractivity contribution in [3.05, 3.63) is 56.1 Å². The third-order valence-electron chi connectivity index (χ3n) is 2.94. The minimum Gasteiger partial charge on any atom is -0.497 e. The highest BCUT2D eigenvalue weighted by Crippen LogP contribution is 2.40. The average Bonchev–Trinajstić information content (AvgIpc) is 2.48. The Morgan fingerprint density at radius 2 is 1.80 bits per heavy atom. The van der Waals surface area contributed by atoms with Crippen LogP contribution in [-0.2, 0) is 0 Å². The van der Waals surface area contributed by atoms with Gasteiger partial charge in [0, 0.05) is 20.2 Å². The van der Waals surface area contributed by atoms with Crippen LogP contribution in [-0.4, -0.2) is 14.2 Å². The Labute approximate surface area is 145 Å². The van der Waals surface area contributed by atoms with Crippen molar-refractivity contribution in [3.63, 3.8) is 0 Å². The summed E-state index contributed by atoms with van der Waals surface area (Å²) in [5.74, 6) is 1.55. The van der Waals surface area contributed by atoms with Gasteiger partial charge in [-0.15, -0.1) is 0 Å². The van der Waals surface area contributed by atoms with Crippen molar-refractivity contribution in [2.75, 3.05) is 14.2 Å². The van der Waals surface area contributed by atoms with E-state index in [4.69, 9.17) is 21.1 Å². The molecule has 0 aliphatic carbocycles. The van der Waals surface area contributed by atoms with Crippen LogP contribution in [0.2, 0.25) is 5.02 Å². The van der Waals surface area contributed by atoms with E-state index < -0.39 is 0 Å². The van der Waals surface area contributed by atoms with E-state index in [0.717, 1.165) is 31.2 Å². The van der Waals surface area contributed by atoms with Crippen LogP contribution in [0.1, 0.15) is 16.0 Å². The van der Waals surface area contributed by atoms with E-state index in [9.17, 15) is 0 Å². The summed E-state index contributed by atoms with van der Waals surface area (Å²) in [4.78, 5) is 0.00829. The molecule has 0 fully saturated rings. The Morgan fingerprint density at radius 3 is 2.45 bits per heavy atom. The molecule has 2 aromatic rings. The van der Waals surface area contributed by atoms with Crippen LogP contribution in [0.25, 0.3) is 0 Å². The first kappa shape index (κ1) is 15.9. The monoisotopic (exact) mass is 466 g/mol. The molecule has 0 heterocycles. The van der Waals surface area contributed by atoms with Gasteiger partial charge >= 0.3 is 0 Å². The lowest BCUT2D eigenvalue weighted by atomic mass is 10.0. The molecule has 0 amide bonds. The average molecular weight is 468 g/mol. The van der Waals surface area contributed by atoms with Crippen molar-refractivity contribution in [2.45, 2.75) is 4.83 Å². The summed E-state index contributed by atoms with van der Waals surface area (Å²) in [6, 6.07) is 11.6. The van der Waals surface area contributed by atoms with Gasteiger partial charge in [-0.1, -0.05) is 33.6 Å². The fourth-order valence-electron chi connectivity index (χ4n) is 1.90. The van der Waals surface area contributed by atoms with Crippen molar-refractivity contribution in [1.29, 1.82) is 0 Å². The highest BCUT2D eigenvalue weighted by Gasteiger charge is 2.18. The molecule has 0 aliphatic heterocycles. The quantitative estimate of drug-likeness (QED) is 0.440. The molecule has 1 unspecified atom stereocenters. The van der Waals surface area contributed by atoms with Crippen LogP contribution < -0.4 is 9.47 Å². The zero-order valence-corrected chi connectivity index (χ0v) is 15.5. The maximum atomic E-state index is 6.09. The van der Waals surface area contributed by atoms with Gasteiger partial charge in [-0.3, -0.25) is 0 Å². The molecule has 0 bridgehead atoms. The SMILES string of the molecule is COc1ccc(C(Br)c2cc(Cl)ccc2I)c(OC)c1. The summed E-state index contributed by atoms with van der Waals surface area (Å²) in [5, 5.41) is 0.720. The molecular formula is C15H13BrClIO2. The van der Waals surface area contributed by atoms with E-state index in [2.05, 4.69) is 38.5 Å². The summed E-state index contributed by atoms with van der Waals surface area (Å²) in [6.45, 7) is 0. The van der Waals surface area contributed by atoms with Gasteiger partial charge in [-0.05, 0) is 52.4 Å². The zero-order chi connectivity index (χ0) is 14.7. The topological polar surface area (TPSA) is 18.5 Å². The van der Waals surface area contributed by atoms with Crippen LogP contribution in [0.15, 0.2) is 36.4 Å². The number of rotatable bonds is 4. The maximum Gasteiger partial charge on any atom is 0.127 e. The molecule has 0 saturated carbocycles. The number of hydrogen-bond donors (Lipinski definition) is 0. The number of hydrogen-bond acceptors (Lipinski definition) is 2. The number of methoxy groups -OCH3 is 2. The second-order valence-electron chi connectivity index (χ2n) is 4.14. The summed E-state index contributed by atoms with van der Waals surface area (Å²) in [5.41, 5.74) is 2.15. The fourth-order valence-corrected chi connectivity index (χ4v) is 3.92. The molecule has 2 rings (SSSR count). The molecule has 0 radical (unpaired) electrons. The third-order valence-corrected chi connectivity index (χ3v) is 5.15. The predicted molar refractivity (Wildman–Crippen MR) is 94.5 cm³/mol. The van der Waals surface area contributed by atoms with Crippen LogP contribution in [0.5, 0.6) is 11.5 Å². The first-order valence-electron chi connectivity index (χ1n) is 5.87. The normalized spacial score (nSPS) is 12.1. The standard InChI is InChI=1S/C15H13BrClIO2/c1-19-10-4-5-11(14(8-10)20-2)15(16)12-7-9(17)3-6-13(12)18/h3-8,15H,1-2H3. The predicted octanol–water partition coefficient (Wildman–Crippen LogP) is 5.45. The summed E-state index contributed by atoms with van der Waals surface area (Å²) >= 11 is 12.1. The summed E-state index contributed by atoms with van der Waals surface area (Å²) in [7, 11) is 3.29. The van der Waals surface area contributed by atoms with E-state index in [-0.39, 0.29) is 4.83 Å². The van der Waals surface area contributed by atoms with Gasteiger partial charge in [-0.2, -0.15) is 0 Å². The molecule has 0 saturated heterocycles. The molecule has 5 heteroatoms. The largest absolute Gasteiger partial charge is 0.497 e. The van der Waals surface area contributed by atoms with Crippen molar-refractivity contribution < 1.29 is 9.47 Å². The third kappa shape index (κ3) is 3.40. The Hall–Kier alpha value is -0.460. The zero-order valence-electron chi connectivity index (χ0n) is 11.0. The van der Waals surface area contributed by atoms with E-state index in [0.29, 0.717) is 0 Å². The van der Waals surface area contributed by atoms with Gasteiger partial charge in [0.05, 0.1) is 19.0 Å². The molecule has 0 aliphatic rings. The lowest BCUT2D eigenvalue weighted by Crippen LogP contribution is -2.00. The molecular weight excluding hydrogens is 454 g/mol. The van der Waals surface area contributed by atoms with Crippen molar-refractivity contribution >= 4 is 50.1 Å². The van der Waals surface area contributed by atoms with Gasteiger partial charge in [0.15, 0.2) is 0 Å². The molecule has 20 heavy (non-hydrogen) atoms. The Morgan fingerprint density at radius 1 is 1.05 bits per heavy atom. The molecule has 2 aromatic carbocycles. The smallest absolute Gasteiger partial charge is 0.127 e. The second-order valence-corrected chi connectivity index (χ2v) is 6.65. The van der Waals surface area contributed by atoms with Crippen molar-refractivity contribution in [1.82, 2.24) is 0 Å². The minimum absolute atomic E-state index is 0.00829. The first-order valence-corrected chi connectivity index (χ1v) is 8.25. The Balaban J connectivity index is 2.47. The Kier molecular flexibility index (Phi) is 5.57. The second kappa shape index (κ2) is 7.00. The number of ether oxygens (including phenoxy) is 2. The maximum absolute atomic E-state index is 6.09. The molecule has 0 spiro atoms. The van der Waals surface area contributed by atoms with Gasteiger partial charge in [0.25, 0.3) is 0 Å². The lowest BCUT2D eigenvalue weighted by Gasteiger charge is -2.17. The summed E-state index contributed by atoms with van der Waals surface area (Å²) in [6.07, 6.45) is 0. The van der Waals surface area contributed by atoms with E-state index in [1.807, 2.05) is 36.4 Å². The number of halogens is 3. The summed E-state index contributed by atoms with van der Waals surface area (Å²) < 4.78 is 11.8. The molecule has 1 atom stereocenters. The lowest BCUT2D eigenvalue weighted by molar-refractivity contribution is 0.391. The van der Waals surface area contributed by atoms with Crippen LogP contribution >= 0.6 is 50.1 Å². The van der Waals surface area contributed by atoms with Crippen LogP contribution in [0.3, 0.4) is 0 Å². The van der Waals surface area contributed by atoms with Gasteiger partial charge in [0.2, 0.25) is 0 Å². The van der Waals surface area contributed by atoms with Crippen molar-refractivity contribution in [2.24, 2.45) is 0 Å².